The number of non-ortho nitro benzene ring substituents is 1. The molecule has 0 atom stereocenters. The Morgan fingerprint density at radius 1 is 1.30 bits per heavy atom. The van der Waals surface area contributed by atoms with E-state index in [0.29, 0.717) is 13.1 Å². The molecule has 0 radical (unpaired) electrons. The second kappa shape index (κ2) is 6.65. The zero-order chi connectivity index (χ0) is 14.7. The van der Waals surface area contributed by atoms with Gasteiger partial charge in [-0.05, 0) is 12.2 Å². The molecule has 1 saturated heterocycles. The van der Waals surface area contributed by atoms with Gasteiger partial charge in [0, 0.05) is 31.0 Å². The number of nitro groups is 1. The Hall–Kier alpha value is -0.980. The van der Waals surface area contributed by atoms with Crippen molar-refractivity contribution in [1.82, 2.24) is 4.90 Å². The molecule has 1 aromatic rings. The van der Waals surface area contributed by atoms with Crippen LogP contribution in [0.2, 0.25) is 10.0 Å². The smallest absolute Gasteiger partial charge is 0.271 e. The van der Waals surface area contributed by atoms with Crippen LogP contribution in [0, 0.1) is 10.1 Å². The van der Waals surface area contributed by atoms with Gasteiger partial charge in [-0.2, -0.15) is 11.8 Å². The van der Waals surface area contributed by atoms with Gasteiger partial charge in [-0.3, -0.25) is 14.9 Å². The van der Waals surface area contributed by atoms with Crippen molar-refractivity contribution in [2.75, 3.05) is 24.6 Å². The SMILES string of the molecule is O=C(c1cc([N+](=O)[O-])cc(Cl)c1Cl)N1CCCSCC1. The van der Waals surface area contributed by atoms with Crippen molar-refractivity contribution in [3.8, 4) is 0 Å². The number of carbonyl (C=O) groups excluding carboxylic acids is 1. The van der Waals surface area contributed by atoms with E-state index in [-0.39, 0.29) is 27.2 Å². The zero-order valence-corrected chi connectivity index (χ0v) is 12.8. The first-order valence-electron chi connectivity index (χ1n) is 6.01. The topological polar surface area (TPSA) is 63.4 Å². The Morgan fingerprint density at radius 3 is 2.75 bits per heavy atom. The highest BCUT2D eigenvalue weighted by Crippen LogP contribution is 2.32. The van der Waals surface area contributed by atoms with E-state index < -0.39 is 4.92 Å². The molecule has 108 valence electrons. The van der Waals surface area contributed by atoms with Crippen LogP contribution in [0.5, 0.6) is 0 Å². The molecule has 8 heteroatoms. The average molecular weight is 335 g/mol. The van der Waals surface area contributed by atoms with E-state index >= 15 is 0 Å². The summed E-state index contributed by atoms with van der Waals surface area (Å²) in [5, 5.41) is 10.9. The van der Waals surface area contributed by atoms with Gasteiger partial charge in [-0.25, -0.2) is 0 Å². The second-order valence-electron chi connectivity index (χ2n) is 4.30. The average Bonchev–Trinajstić information content (AvgIpc) is 2.69. The van der Waals surface area contributed by atoms with Crippen LogP contribution >= 0.6 is 35.0 Å². The quantitative estimate of drug-likeness (QED) is 0.613. The van der Waals surface area contributed by atoms with Gasteiger partial charge >= 0.3 is 0 Å². The molecular formula is C12H12Cl2N2O3S. The number of benzene rings is 1. The Labute approximate surface area is 130 Å². The normalized spacial score (nSPS) is 15.8. The minimum Gasteiger partial charge on any atom is -0.338 e. The lowest BCUT2D eigenvalue weighted by Gasteiger charge is -2.20. The van der Waals surface area contributed by atoms with Gasteiger partial charge in [0.1, 0.15) is 0 Å². The van der Waals surface area contributed by atoms with E-state index in [9.17, 15) is 14.9 Å². The Bertz CT molecular complexity index is 546. The van der Waals surface area contributed by atoms with Crippen molar-refractivity contribution < 1.29 is 9.72 Å². The van der Waals surface area contributed by atoms with Crippen molar-refractivity contribution in [3.63, 3.8) is 0 Å². The largest absolute Gasteiger partial charge is 0.338 e. The van der Waals surface area contributed by atoms with Crippen LogP contribution < -0.4 is 0 Å². The lowest BCUT2D eigenvalue weighted by atomic mass is 10.1. The third-order valence-corrected chi connectivity index (χ3v) is 4.81. The number of hydrogen-bond donors (Lipinski definition) is 0. The summed E-state index contributed by atoms with van der Waals surface area (Å²) in [6.07, 6.45) is 0.899. The molecule has 0 saturated carbocycles. The summed E-state index contributed by atoms with van der Waals surface area (Å²) in [5.41, 5.74) is -0.135. The molecular weight excluding hydrogens is 323 g/mol. The van der Waals surface area contributed by atoms with Gasteiger partial charge in [0.25, 0.3) is 11.6 Å². The fraction of sp³-hybridized carbons (Fsp3) is 0.417. The summed E-state index contributed by atoms with van der Waals surface area (Å²) in [4.78, 5) is 24.4. The Kier molecular flexibility index (Phi) is 5.12. The van der Waals surface area contributed by atoms with E-state index in [0.717, 1.165) is 24.0 Å². The lowest BCUT2D eigenvalue weighted by Crippen LogP contribution is -2.33. The van der Waals surface area contributed by atoms with Gasteiger partial charge in [0.05, 0.1) is 20.5 Å². The predicted molar refractivity (Wildman–Crippen MR) is 81.0 cm³/mol. The number of nitro benzene ring substituents is 1. The molecule has 0 unspecified atom stereocenters. The molecule has 1 fully saturated rings. The van der Waals surface area contributed by atoms with E-state index in [4.69, 9.17) is 23.2 Å². The Morgan fingerprint density at radius 2 is 2.05 bits per heavy atom. The minimum atomic E-state index is -0.586. The van der Waals surface area contributed by atoms with E-state index in [1.54, 1.807) is 16.7 Å². The number of thioether (sulfide) groups is 1. The van der Waals surface area contributed by atoms with Crippen molar-refractivity contribution >= 4 is 46.6 Å². The van der Waals surface area contributed by atoms with Crippen LogP contribution in [0.15, 0.2) is 12.1 Å². The number of amides is 1. The van der Waals surface area contributed by atoms with Crippen LogP contribution in [0.3, 0.4) is 0 Å². The first kappa shape index (κ1) is 15.4. The van der Waals surface area contributed by atoms with E-state index in [1.807, 2.05) is 0 Å². The van der Waals surface area contributed by atoms with E-state index in [2.05, 4.69) is 0 Å². The van der Waals surface area contributed by atoms with Crippen LogP contribution in [0.1, 0.15) is 16.8 Å². The molecule has 0 bridgehead atoms. The zero-order valence-electron chi connectivity index (χ0n) is 10.5. The molecule has 1 heterocycles. The first-order valence-corrected chi connectivity index (χ1v) is 7.92. The summed E-state index contributed by atoms with van der Waals surface area (Å²) >= 11 is 13.7. The molecule has 1 aliphatic rings. The fourth-order valence-corrected chi connectivity index (χ4v) is 3.25. The second-order valence-corrected chi connectivity index (χ2v) is 6.31. The molecule has 0 spiro atoms. The number of halogens is 2. The van der Waals surface area contributed by atoms with Crippen LogP contribution in [0.25, 0.3) is 0 Å². The lowest BCUT2D eigenvalue weighted by molar-refractivity contribution is -0.384. The molecule has 20 heavy (non-hydrogen) atoms. The van der Waals surface area contributed by atoms with Gasteiger partial charge in [-0.15, -0.1) is 0 Å². The molecule has 1 aromatic carbocycles. The van der Waals surface area contributed by atoms with Crippen LogP contribution in [-0.2, 0) is 0 Å². The summed E-state index contributed by atoms with van der Waals surface area (Å²) in [5.74, 6) is 1.56. The van der Waals surface area contributed by atoms with Crippen LogP contribution in [0.4, 0.5) is 5.69 Å². The highest BCUT2D eigenvalue weighted by Gasteiger charge is 2.24. The molecule has 5 nitrogen and oxygen atoms in total. The monoisotopic (exact) mass is 334 g/mol. The van der Waals surface area contributed by atoms with Crippen molar-refractivity contribution in [1.29, 1.82) is 0 Å². The van der Waals surface area contributed by atoms with Crippen molar-refractivity contribution in [3.05, 3.63) is 37.9 Å². The summed E-state index contributed by atoms with van der Waals surface area (Å²) in [7, 11) is 0. The van der Waals surface area contributed by atoms with Crippen LogP contribution in [-0.4, -0.2) is 40.3 Å². The number of carbonyl (C=O) groups is 1. The molecule has 0 aliphatic carbocycles. The summed E-state index contributed by atoms with van der Waals surface area (Å²) in [6.45, 7) is 1.24. The van der Waals surface area contributed by atoms with Gasteiger partial charge < -0.3 is 4.90 Å². The third-order valence-electron chi connectivity index (χ3n) is 2.96. The molecule has 1 amide bonds. The summed E-state index contributed by atoms with van der Waals surface area (Å²) < 4.78 is 0. The molecule has 1 aliphatic heterocycles. The maximum atomic E-state index is 12.5. The van der Waals surface area contributed by atoms with E-state index in [1.165, 1.54) is 6.07 Å². The predicted octanol–water partition coefficient (Wildman–Crippen LogP) is 3.48. The van der Waals surface area contributed by atoms with Crippen molar-refractivity contribution in [2.45, 2.75) is 6.42 Å². The third kappa shape index (κ3) is 3.37. The standard InChI is InChI=1S/C12H12Cl2N2O3S/c13-10-7-8(16(18)19)6-9(11(10)14)12(17)15-2-1-4-20-5-3-15/h6-7H,1-5H2. The molecule has 2 rings (SSSR count). The molecule has 0 N–H and O–H groups in total. The Balaban J connectivity index is 2.35. The maximum Gasteiger partial charge on any atom is 0.271 e. The molecule has 0 aromatic heterocycles. The highest BCUT2D eigenvalue weighted by molar-refractivity contribution is 7.99. The highest BCUT2D eigenvalue weighted by atomic mass is 35.5. The van der Waals surface area contributed by atoms with Gasteiger partial charge in [0.2, 0.25) is 0 Å². The number of nitrogens with zero attached hydrogens (tertiary/aromatic N) is 2. The van der Waals surface area contributed by atoms with Crippen molar-refractivity contribution in [2.24, 2.45) is 0 Å². The maximum absolute atomic E-state index is 12.5. The number of rotatable bonds is 2. The number of hydrogen-bond acceptors (Lipinski definition) is 4. The first-order chi connectivity index (χ1) is 9.50. The fourth-order valence-electron chi connectivity index (χ4n) is 1.96. The van der Waals surface area contributed by atoms with Gasteiger partial charge in [0.15, 0.2) is 0 Å². The minimum absolute atomic E-state index is 0.0217. The van der Waals surface area contributed by atoms with Gasteiger partial charge in [-0.1, -0.05) is 23.2 Å². The summed E-state index contributed by atoms with van der Waals surface area (Å²) in [6, 6.07) is 2.34.